The Hall–Kier alpha value is -2.16. The van der Waals surface area contributed by atoms with Crippen molar-refractivity contribution in [2.45, 2.75) is 25.3 Å². The molecule has 1 saturated heterocycles. The van der Waals surface area contributed by atoms with Crippen molar-refractivity contribution in [1.82, 2.24) is 0 Å². The van der Waals surface area contributed by atoms with Crippen LogP contribution in [0.3, 0.4) is 0 Å². The summed E-state index contributed by atoms with van der Waals surface area (Å²) in [7, 11) is 0. The summed E-state index contributed by atoms with van der Waals surface area (Å²) < 4.78 is 13.0. The van der Waals surface area contributed by atoms with Crippen LogP contribution in [0.4, 0.5) is 10.1 Å². The molecule has 1 atom stereocenters. The fourth-order valence-corrected chi connectivity index (χ4v) is 2.94. The molecule has 3 rings (SSSR count). The maximum absolute atomic E-state index is 13.0. The van der Waals surface area contributed by atoms with Gasteiger partial charge in [0.1, 0.15) is 5.82 Å². The molecule has 21 heavy (non-hydrogen) atoms. The molecule has 2 aromatic carbocycles. The molecule has 0 amide bonds. The van der Waals surface area contributed by atoms with Crippen LogP contribution in [0.1, 0.15) is 29.6 Å². The Balaban J connectivity index is 1.87. The summed E-state index contributed by atoms with van der Waals surface area (Å²) in [6, 6.07) is 15.7. The third-order valence-electron chi connectivity index (χ3n) is 4.02. The predicted molar refractivity (Wildman–Crippen MR) is 82.2 cm³/mol. The van der Waals surface area contributed by atoms with Gasteiger partial charge in [-0.15, -0.1) is 0 Å². The Labute approximate surface area is 124 Å². The van der Waals surface area contributed by atoms with E-state index in [-0.39, 0.29) is 17.6 Å². The number of benzene rings is 2. The SMILES string of the molecule is O=C(c1ccc(F)cc1)C1CCCCN1c1ccccc1. The van der Waals surface area contributed by atoms with Gasteiger partial charge < -0.3 is 4.90 Å². The number of rotatable bonds is 3. The van der Waals surface area contributed by atoms with Crippen molar-refractivity contribution < 1.29 is 9.18 Å². The maximum Gasteiger partial charge on any atom is 0.185 e. The molecule has 0 N–H and O–H groups in total. The highest BCUT2D eigenvalue weighted by Crippen LogP contribution is 2.26. The Morgan fingerprint density at radius 1 is 1.00 bits per heavy atom. The normalized spacial score (nSPS) is 18.5. The second-order valence-electron chi connectivity index (χ2n) is 5.41. The van der Waals surface area contributed by atoms with Crippen LogP contribution in [0, 0.1) is 5.82 Å². The molecule has 0 radical (unpaired) electrons. The van der Waals surface area contributed by atoms with E-state index in [2.05, 4.69) is 4.90 Å². The molecular weight excluding hydrogens is 265 g/mol. The van der Waals surface area contributed by atoms with Crippen LogP contribution in [0.2, 0.25) is 0 Å². The number of para-hydroxylation sites is 1. The number of carbonyl (C=O) groups excluding carboxylic acids is 1. The summed E-state index contributed by atoms with van der Waals surface area (Å²) in [5.41, 5.74) is 1.67. The number of hydrogen-bond donors (Lipinski definition) is 0. The number of ketones is 1. The summed E-state index contributed by atoms with van der Waals surface area (Å²) in [5.74, 6) is -0.228. The van der Waals surface area contributed by atoms with Gasteiger partial charge in [-0.1, -0.05) is 18.2 Å². The highest BCUT2D eigenvalue weighted by Gasteiger charge is 2.29. The summed E-state index contributed by atoms with van der Waals surface area (Å²) >= 11 is 0. The van der Waals surface area contributed by atoms with Crippen molar-refractivity contribution in [3.8, 4) is 0 Å². The van der Waals surface area contributed by atoms with Crippen molar-refractivity contribution in [3.05, 3.63) is 66.0 Å². The average molecular weight is 283 g/mol. The van der Waals surface area contributed by atoms with Crippen LogP contribution in [-0.2, 0) is 0 Å². The van der Waals surface area contributed by atoms with Crippen LogP contribution in [0.25, 0.3) is 0 Å². The molecule has 0 aliphatic carbocycles. The number of Topliss-reactive ketones (excluding diaryl/α,β-unsaturated/α-hetero) is 1. The molecule has 2 nitrogen and oxygen atoms in total. The van der Waals surface area contributed by atoms with Gasteiger partial charge in [0.25, 0.3) is 0 Å². The third-order valence-corrected chi connectivity index (χ3v) is 4.02. The Bertz CT molecular complexity index is 609. The zero-order valence-electron chi connectivity index (χ0n) is 11.8. The maximum atomic E-state index is 13.0. The molecule has 0 spiro atoms. The minimum absolute atomic E-state index is 0.0820. The van der Waals surface area contributed by atoms with E-state index in [4.69, 9.17) is 0 Å². The molecule has 3 heteroatoms. The van der Waals surface area contributed by atoms with Crippen molar-refractivity contribution in [2.24, 2.45) is 0 Å². The molecule has 1 unspecified atom stereocenters. The fourth-order valence-electron chi connectivity index (χ4n) is 2.94. The Morgan fingerprint density at radius 2 is 1.71 bits per heavy atom. The van der Waals surface area contributed by atoms with Crippen molar-refractivity contribution in [1.29, 1.82) is 0 Å². The monoisotopic (exact) mass is 283 g/mol. The van der Waals surface area contributed by atoms with Crippen LogP contribution in [0.15, 0.2) is 54.6 Å². The zero-order chi connectivity index (χ0) is 14.7. The van der Waals surface area contributed by atoms with E-state index in [0.29, 0.717) is 5.56 Å². The van der Waals surface area contributed by atoms with Gasteiger partial charge in [-0.2, -0.15) is 0 Å². The molecule has 0 aromatic heterocycles. The lowest BCUT2D eigenvalue weighted by Crippen LogP contribution is -2.44. The van der Waals surface area contributed by atoms with Gasteiger partial charge in [0.2, 0.25) is 0 Å². The molecule has 1 fully saturated rings. The average Bonchev–Trinajstić information content (AvgIpc) is 2.56. The summed E-state index contributed by atoms with van der Waals surface area (Å²) in [6.45, 7) is 0.890. The highest BCUT2D eigenvalue weighted by molar-refractivity contribution is 6.02. The van der Waals surface area contributed by atoms with E-state index in [1.165, 1.54) is 12.1 Å². The first-order chi connectivity index (χ1) is 10.3. The van der Waals surface area contributed by atoms with E-state index in [1.807, 2.05) is 30.3 Å². The fraction of sp³-hybridized carbons (Fsp3) is 0.278. The van der Waals surface area contributed by atoms with Gasteiger partial charge in [0.15, 0.2) is 5.78 Å². The Morgan fingerprint density at radius 3 is 2.43 bits per heavy atom. The van der Waals surface area contributed by atoms with E-state index in [9.17, 15) is 9.18 Å². The predicted octanol–water partition coefficient (Wildman–Crippen LogP) is 4.07. The molecule has 0 bridgehead atoms. The summed E-state index contributed by atoms with van der Waals surface area (Å²) in [5, 5.41) is 0. The number of hydrogen-bond acceptors (Lipinski definition) is 2. The van der Waals surface area contributed by atoms with E-state index in [1.54, 1.807) is 12.1 Å². The van der Waals surface area contributed by atoms with Gasteiger partial charge >= 0.3 is 0 Å². The lowest BCUT2D eigenvalue weighted by Gasteiger charge is -2.36. The number of nitrogens with zero attached hydrogens (tertiary/aromatic N) is 1. The van der Waals surface area contributed by atoms with Crippen LogP contribution < -0.4 is 4.90 Å². The standard InChI is InChI=1S/C18H18FNO/c19-15-11-9-14(10-12-15)18(21)17-8-4-5-13-20(17)16-6-2-1-3-7-16/h1-3,6-7,9-12,17H,4-5,8,13H2. The first kappa shape index (κ1) is 13.8. The molecule has 1 aliphatic heterocycles. The summed E-state index contributed by atoms with van der Waals surface area (Å²) in [4.78, 5) is 14.9. The first-order valence-corrected chi connectivity index (χ1v) is 7.37. The number of piperidine rings is 1. The first-order valence-electron chi connectivity index (χ1n) is 7.37. The van der Waals surface area contributed by atoms with Gasteiger partial charge in [0.05, 0.1) is 6.04 Å². The minimum atomic E-state index is -0.310. The number of carbonyl (C=O) groups is 1. The third kappa shape index (κ3) is 2.97. The molecular formula is C18H18FNO. The quantitative estimate of drug-likeness (QED) is 0.791. The van der Waals surface area contributed by atoms with Gasteiger partial charge in [0, 0.05) is 17.8 Å². The molecule has 2 aromatic rings. The topological polar surface area (TPSA) is 20.3 Å². The smallest absolute Gasteiger partial charge is 0.185 e. The van der Waals surface area contributed by atoms with E-state index in [0.717, 1.165) is 31.5 Å². The molecule has 1 heterocycles. The van der Waals surface area contributed by atoms with Crippen LogP contribution in [-0.4, -0.2) is 18.4 Å². The second kappa shape index (κ2) is 6.08. The number of halogens is 1. The van der Waals surface area contributed by atoms with Gasteiger partial charge in [-0.3, -0.25) is 4.79 Å². The van der Waals surface area contributed by atoms with Crippen molar-refractivity contribution in [3.63, 3.8) is 0 Å². The van der Waals surface area contributed by atoms with Gasteiger partial charge in [-0.25, -0.2) is 4.39 Å². The van der Waals surface area contributed by atoms with Crippen LogP contribution >= 0.6 is 0 Å². The Kier molecular flexibility index (Phi) is 4.00. The molecule has 108 valence electrons. The van der Waals surface area contributed by atoms with Crippen LogP contribution in [0.5, 0.6) is 0 Å². The number of anilines is 1. The minimum Gasteiger partial charge on any atom is -0.361 e. The van der Waals surface area contributed by atoms with E-state index < -0.39 is 0 Å². The van der Waals surface area contributed by atoms with Gasteiger partial charge in [-0.05, 0) is 55.7 Å². The highest BCUT2D eigenvalue weighted by atomic mass is 19.1. The van der Waals surface area contributed by atoms with Crippen molar-refractivity contribution >= 4 is 11.5 Å². The summed E-state index contributed by atoms with van der Waals surface area (Å²) in [6.07, 6.45) is 3.01. The molecule has 1 aliphatic rings. The lowest BCUT2D eigenvalue weighted by molar-refractivity contribution is 0.0945. The van der Waals surface area contributed by atoms with E-state index >= 15 is 0 Å². The largest absolute Gasteiger partial charge is 0.361 e. The van der Waals surface area contributed by atoms with Crippen molar-refractivity contribution in [2.75, 3.05) is 11.4 Å². The molecule has 0 saturated carbocycles. The second-order valence-corrected chi connectivity index (χ2v) is 5.41. The lowest BCUT2D eigenvalue weighted by atomic mass is 9.93. The zero-order valence-corrected chi connectivity index (χ0v) is 11.8.